The SMILES string of the molecule is C=C1CC2CCCC(C1)C2. The summed E-state index contributed by atoms with van der Waals surface area (Å²) in [6, 6.07) is 0. The first kappa shape index (κ1) is 6.45. The van der Waals surface area contributed by atoms with E-state index < -0.39 is 0 Å². The van der Waals surface area contributed by atoms with Crippen LogP contribution in [-0.2, 0) is 0 Å². The molecule has 0 aromatic rings. The maximum absolute atomic E-state index is 4.10. The third-order valence-electron chi connectivity index (χ3n) is 3.05. The average Bonchev–Trinajstić information content (AvgIpc) is 1.85. The van der Waals surface area contributed by atoms with Gasteiger partial charge in [0.2, 0.25) is 0 Å². The van der Waals surface area contributed by atoms with Gasteiger partial charge >= 0.3 is 0 Å². The first-order chi connectivity index (χ1) is 4.84. The summed E-state index contributed by atoms with van der Waals surface area (Å²) < 4.78 is 0. The molecule has 2 unspecified atom stereocenters. The summed E-state index contributed by atoms with van der Waals surface area (Å²) in [6.07, 6.45) is 8.65. The second kappa shape index (κ2) is 2.41. The Balaban J connectivity index is 2.05. The van der Waals surface area contributed by atoms with Crippen LogP contribution < -0.4 is 0 Å². The zero-order valence-electron chi connectivity index (χ0n) is 6.60. The fraction of sp³-hybridized carbons (Fsp3) is 0.800. The smallest absolute Gasteiger partial charge is 0.0294 e. The molecule has 2 fully saturated rings. The molecule has 0 spiro atoms. The average molecular weight is 136 g/mol. The topological polar surface area (TPSA) is 0 Å². The van der Waals surface area contributed by atoms with Crippen LogP contribution in [0.1, 0.15) is 38.5 Å². The molecule has 0 nitrogen and oxygen atoms in total. The third-order valence-corrected chi connectivity index (χ3v) is 3.05. The molecular formula is C10H16. The van der Waals surface area contributed by atoms with Crippen molar-refractivity contribution in [1.29, 1.82) is 0 Å². The highest BCUT2D eigenvalue weighted by Gasteiger charge is 2.27. The predicted octanol–water partition coefficient (Wildman–Crippen LogP) is 3.14. The summed E-state index contributed by atoms with van der Waals surface area (Å²) >= 11 is 0. The third kappa shape index (κ3) is 1.12. The number of fused-ring (bicyclic) bond motifs is 2. The van der Waals surface area contributed by atoms with Crippen LogP contribution in [0.25, 0.3) is 0 Å². The van der Waals surface area contributed by atoms with Crippen molar-refractivity contribution in [3.63, 3.8) is 0 Å². The summed E-state index contributed by atoms with van der Waals surface area (Å²) in [6.45, 7) is 4.10. The molecule has 10 heavy (non-hydrogen) atoms. The summed E-state index contributed by atoms with van der Waals surface area (Å²) in [5.74, 6) is 2.06. The molecule has 2 atom stereocenters. The van der Waals surface area contributed by atoms with E-state index in [4.69, 9.17) is 0 Å². The van der Waals surface area contributed by atoms with Crippen LogP contribution in [0, 0.1) is 11.8 Å². The van der Waals surface area contributed by atoms with E-state index in [1.807, 2.05) is 0 Å². The molecule has 0 aliphatic heterocycles. The van der Waals surface area contributed by atoms with E-state index in [2.05, 4.69) is 6.58 Å². The van der Waals surface area contributed by atoms with Gasteiger partial charge in [-0.1, -0.05) is 31.4 Å². The Hall–Kier alpha value is -0.260. The molecule has 2 aliphatic rings. The Kier molecular flexibility index (Phi) is 1.55. The number of rotatable bonds is 0. The van der Waals surface area contributed by atoms with Crippen LogP contribution in [0.4, 0.5) is 0 Å². The van der Waals surface area contributed by atoms with Crippen molar-refractivity contribution >= 4 is 0 Å². The summed E-state index contributed by atoms with van der Waals surface area (Å²) in [5, 5.41) is 0. The highest BCUT2D eigenvalue weighted by atomic mass is 14.3. The largest absolute Gasteiger partial charge is 0.0998 e. The lowest BCUT2D eigenvalue weighted by Crippen LogP contribution is -2.21. The Bertz CT molecular complexity index is 132. The lowest BCUT2D eigenvalue weighted by atomic mass is 9.71. The van der Waals surface area contributed by atoms with Crippen LogP contribution in [0.2, 0.25) is 0 Å². The van der Waals surface area contributed by atoms with Crippen molar-refractivity contribution in [2.24, 2.45) is 11.8 Å². The molecule has 0 saturated heterocycles. The second-order valence-corrected chi connectivity index (χ2v) is 4.06. The maximum Gasteiger partial charge on any atom is -0.0294 e. The minimum atomic E-state index is 1.03. The van der Waals surface area contributed by atoms with Gasteiger partial charge in [-0.2, -0.15) is 0 Å². The maximum atomic E-state index is 4.10. The van der Waals surface area contributed by atoms with E-state index in [1.54, 1.807) is 0 Å². The number of hydrogen-bond donors (Lipinski definition) is 0. The van der Waals surface area contributed by atoms with Crippen molar-refractivity contribution in [3.8, 4) is 0 Å². The van der Waals surface area contributed by atoms with Crippen molar-refractivity contribution in [2.75, 3.05) is 0 Å². The highest BCUT2D eigenvalue weighted by molar-refractivity contribution is 5.03. The van der Waals surface area contributed by atoms with Gasteiger partial charge in [-0.05, 0) is 31.1 Å². The normalized spacial score (nSPS) is 39.8. The molecule has 2 aliphatic carbocycles. The van der Waals surface area contributed by atoms with Gasteiger partial charge in [0.05, 0.1) is 0 Å². The first-order valence-electron chi connectivity index (χ1n) is 4.51. The molecular weight excluding hydrogens is 120 g/mol. The van der Waals surface area contributed by atoms with Crippen molar-refractivity contribution in [3.05, 3.63) is 12.2 Å². The van der Waals surface area contributed by atoms with Gasteiger partial charge in [-0.15, -0.1) is 0 Å². The van der Waals surface area contributed by atoms with E-state index in [0.29, 0.717) is 0 Å². The molecule has 0 radical (unpaired) electrons. The van der Waals surface area contributed by atoms with Crippen LogP contribution in [0.3, 0.4) is 0 Å². The summed E-state index contributed by atoms with van der Waals surface area (Å²) in [5.41, 5.74) is 1.53. The fourth-order valence-electron chi connectivity index (χ4n) is 2.67. The number of hydrogen-bond acceptors (Lipinski definition) is 0. The van der Waals surface area contributed by atoms with Crippen molar-refractivity contribution in [1.82, 2.24) is 0 Å². The Morgan fingerprint density at radius 2 is 1.70 bits per heavy atom. The first-order valence-corrected chi connectivity index (χ1v) is 4.51. The lowest BCUT2D eigenvalue weighted by molar-refractivity contribution is 0.229. The van der Waals surface area contributed by atoms with E-state index in [-0.39, 0.29) is 0 Å². The predicted molar refractivity (Wildman–Crippen MR) is 43.8 cm³/mol. The Labute approximate surface area is 63.3 Å². The molecule has 2 rings (SSSR count). The van der Waals surface area contributed by atoms with Gasteiger partial charge in [0.25, 0.3) is 0 Å². The standard InChI is InChI=1S/C10H16/c1-8-5-9-3-2-4-10(6-8)7-9/h9-10H,1-7H2. The molecule has 2 saturated carbocycles. The second-order valence-electron chi connectivity index (χ2n) is 4.06. The van der Waals surface area contributed by atoms with Gasteiger partial charge in [-0.3, -0.25) is 0 Å². The monoisotopic (exact) mass is 136 g/mol. The highest BCUT2D eigenvalue weighted by Crippen LogP contribution is 2.41. The summed E-state index contributed by atoms with van der Waals surface area (Å²) in [7, 11) is 0. The zero-order valence-corrected chi connectivity index (χ0v) is 6.60. The van der Waals surface area contributed by atoms with E-state index in [0.717, 1.165) is 11.8 Å². The molecule has 56 valence electrons. The van der Waals surface area contributed by atoms with E-state index in [9.17, 15) is 0 Å². The minimum Gasteiger partial charge on any atom is -0.0998 e. The Morgan fingerprint density at radius 1 is 1.10 bits per heavy atom. The molecule has 2 bridgehead atoms. The van der Waals surface area contributed by atoms with Gasteiger partial charge in [0.1, 0.15) is 0 Å². The van der Waals surface area contributed by atoms with Crippen LogP contribution in [0.15, 0.2) is 12.2 Å². The van der Waals surface area contributed by atoms with Crippen molar-refractivity contribution < 1.29 is 0 Å². The van der Waals surface area contributed by atoms with Gasteiger partial charge in [0.15, 0.2) is 0 Å². The molecule has 0 N–H and O–H groups in total. The van der Waals surface area contributed by atoms with E-state index in [1.165, 1.54) is 44.1 Å². The van der Waals surface area contributed by atoms with Crippen molar-refractivity contribution in [2.45, 2.75) is 38.5 Å². The summed E-state index contributed by atoms with van der Waals surface area (Å²) in [4.78, 5) is 0. The molecule has 0 amide bonds. The van der Waals surface area contributed by atoms with Crippen LogP contribution in [-0.4, -0.2) is 0 Å². The van der Waals surface area contributed by atoms with Crippen LogP contribution in [0.5, 0.6) is 0 Å². The quantitative estimate of drug-likeness (QED) is 0.449. The Morgan fingerprint density at radius 3 is 2.30 bits per heavy atom. The van der Waals surface area contributed by atoms with Gasteiger partial charge in [0, 0.05) is 0 Å². The van der Waals surface area contributed by atoms with Gasteiger partial charge < -0.3 is 0 Å². The molecule has 0 heterocycles. The zero-order chi connectivity index (χ0) is 6.97. The van der Waals surface area contributed by atoms with E-state index >= 15 is 0 Å². The molecule has 0 aromatic carbocycles. The molecule has 0 heteroatoms. The van der Waals surface area contributed by atoms with Gasteiger partial charge in [-0.25, -0.2) is 0 Å². The lowest BCUT2D eigenvalue weighted by Gasteiger charge is -2.35. The molecule has 0 aromatic heterocycles. The number of allylic oxidation sites excluding steroid dienone is 1. The fourth-order valence-corrected chi connectivity index (χ4v) is 2.67. The minimum absolute atomic E-state index is 1.03. The van der Waals surface area contributed by atoms with Crippen LogP contribution >= 0.6 is 0 Å².